The average molecular weight is 425 g/mol. The van der Waals surface area contributed by atoms with Gasteiger partial charge in [-0.05, 0) is 55.2 Å². The number of hydrogen-bond acceptors (Lipinski definition) is 6. The van der Waals surface area contributed by atoms with Crippen molar-refractivity contribution in [3.8, 4) is 0 Å². The highest BCUT2D eigenvalue weighted by Gasteiger charge is 2.15. The third-order valence-electron chi connectivity index (χ3n) is 5.10. The highest BCUT2D eigenvalue weighted by atomic mass is 32.1. The number of rotatable bonds is 8. The summed E-state index contributed by atoms with van der Waals surface area (Å²) in [4.78, 5) is 28.6. The number of hydrogen-bond donors (Lipinski definition) is 3. The number of nitrogens with one attached hydrogen (secondary N) is 3. The molecule has 1 aliphatic carbocycles. The van der Waals surface area contributed by atoms with E-state index >= 15 is 0 Å². The summed E-state index contributed by atoms with van der Waals surface area (Å²) in [6.07, 6.45) is 6.87. The molecule has 0 radical (unpaired) electrons. The molecule has 30 heavy (non-hydrogen) atoms. The van der Waals surface area contributed by atoms with Crippen molar-refractivity contribution < 1.29 is 14.0 Å². The Morgan fingerprint density at radius 3 is 2.57 bits per heavy atom. The maximum Gasteiger partial charge on any atom is 0.293 e. The summed E-state index contributed by atoms with van der Waals surface area (Å²) in [6.45, 7) is 1.01. The van der Waals surface area contributed by atoms with Gasteiger partial charge in [0, 0.05) is 23.3 Å². The largest absolute Gasteiger partial charge is 0.459 e. The SMILES string of the molecule is O=C(Cc1csc(NC(=O)c2ccco2)n1)Nc1ccc(NCC2CCCC2)cc1. The van der Waals surface area contributed by atoms with E-state index in [9.17, 15) is 9.59 Å². The van der Waals surface area contributed by atoms with Gasteiger partial charge >= 0.3 is 0 Å². The van der Waals surface area contributed by atoms with E-state index in [0.29, 0.717) is 10.8 Å². The lowest BCUT2D eigenvalue weighted by Gasteiger charge is -2.12. The van der Waals surface area contributed by atoms with Gasteiger partial charge in [0.2, 0.25) is 5.91 Å². The van der Waals surface area contributed by atoms with Crippen LogP contribution in [-0.2, 0) is 11.2 Å². The van der Waals surface area contributed by atoms with Gasteiger partial charge in [-0.25, -0.2) is 4.98 Å². The number of nitrogens with zero attached hydrogens (tertiary/aromatic N) is 1. The second-order valence-corrected chi connectivity index (χ2v) is 8.27. The Labute approximate surface area is 178 Å². The summed E-state index contributed by atoms with van der Waals surface area (Å²) < 4.78 is 5.05. The highest BCUT2D eigenvalue weighted by molar-refractivity contribution is 7.14. The summed E-state index contributed by atoms with van der Waals surface area (Å²) in [5, 5.41) is 11.2. The lowest BCUT2D eigenvalue weighted by molar-refractivity contribution is -0.115. The van der Waals surface area contributed by atoms with E-state index in [1.54, 1.807) is 17.5 Å². The van der Waals surface area contributed by atoms with Crippen LogP contribution in [0, 0.1) is 5.92 Å². The van der Waals surface area contributed by atoms with Crippen molar-refractivity contribution in [3.05, 3.63) is 59.5 Å². The summed E-state index contributed by atoms with van der Waals surface area (Å²) in [5.41, 5.74) is 2.41. The minimum Gasteiger partial charge on any atom is -0.459 e. The van der Waals surface area contributed by atoms with E-state index in [-0.39, 0.29) is 24.0 Å². The van der Waals surface area contributed by atoms with Crippen molar-refractivity contribution in [1.29, 1.82) is 0 Å². The molecule has 0 atom stereocenters. The maximum atomic E-state index is 12.3. The summed E-state index contributed by atoms with van der Waals surface area (Å²) in [6, 6.07) is 11.0. The molecule has 3 aromatic rings. The molecule has 156 valence electrons. The molecule has 1 fully saturated rings. The van der Waals surface area contributed by atoms with E-state index in [4.69, 9.17) is 4.42 Å². The summed E-state index contributed by atoms with van der Waals surface area (Å²) in [5.74, 6) is 0.463. The van der Waals surface area contributed by atoms with Crippen LogP contribution >= 0.6 is 11.3 Å². The molecule has 8 heteroatoms. The molecule has 7 nitrogen and oxygen atoms in total. The quantitative estimate of drug-likeness (QED) is 0.484. The predicted octanol–water partition coefficient (Wildman–Crippen LogP) is 4.77. The van der Waals surface area contributed by atoms with Crippen molar-refractivity contribution in [2.45, 2.75) is 32.1 Å². The third-order valence-corrected chi connectivity index (χ3v) is 5.90. The fourth-order valence-corrected chi connectivity index (χ4v) is 4.24. The van der Waals surface area contributed by atoms with E-state index < -0.39 is 0 Å². The molecule has 0 saturated heterocycles. The topological polar surface area (TPSA) is 96.3 Å². The molecule has 0 bridgehead atoms. The van der Waals surface area contributed by atoms with Gasteiger partial charge in [0.05, 0.1) is 18.4 Å². The van der Waals surface area contributed by atoms with Crippen LogP contribution < -0.4 is 16.0 Å². The fraction of sp³-hybridized carbons (Fsp3) is 0.318. The monoisotopic (exact) mass is 424 g/mol. The van der Waals surface area contributed by atoms with Crippen molar-refractivity contribution in [3.63, 3.8) is 0 Å². The molecular weight excluding hydrogens is 400 g/mol. The van der Waals surface area contributed by atoms with Gasteiger partial charge < -0.3 is 15.1 Å². The zero-order chi connectivity index (χ0) is 20.8. The molecule has 2 amide bonds. The molecule has 1 saturated carbocycles. The second-order valence-electron chi connectivity index (χ2n) is 7.41. The first-order valence-corrected chi connectivity index (χ1v) is 11.0. The van der Waals surface area contributed by atoms with Gasteiger partial charge in [0.25, 0.3) is 5.91 Å². The summed E-state index contributed by atoms with van der Waals surface area (Å²) >= 11 is 1.27. The Kier molecular flexibility index (Phi) is 6.44. The van der Waals surface area contributed by atoms with Crippen LogP contribution in [0.3, 0.4) is 0 Å². The Bertz CT molecular complexity index is 976. The van der Waals surface area contributed by atoms with Crippen LogP contribution in [0.4, 0.5) is 16.5 Å². The Balaban J connectivity index is 1.24. The van der Waals surface area contributed by atoms with Gasteiger partial charge in [-0.15, -0.1) is 11.3 Å². The van der Waals surface area contributed by atoms with Crippen LogP contribution in [0.5, 0.6) is 0 Å². The van der Waals surface area contributed by atoms with E-state index in [2.05, 4.69) is 20.9 Å². The molecule has 4 rings (SSSR count). The highest BCUT2D eigenvalue weighted by Crippen LogP contribution is 2.25. The standard InChI is InChI=1S/C22H24N4O3S/c27-20(12-18-14-30-22(25-18)26-21(28)19-6-3-11-29-19)24-17-9-7-16(8-10-17)23-13-15-4-1-2-5-15/h3,6-11,14-15,23H,1-2,4-5,12-13H2,(H,24,27)(H,25,26,28). The number of aromatic nitrogens is 1. The predicted molar refractivity (Wildman–Crippen MR) is 118 cm³/mol. The fourth-order valence-electron chi connectivity index (χ4n) is 3.53. The number of carbonyl (C=O) groups is 2. The van der Waals surface area contributed by atoms with Crippen LogP contribution in [0.25, 0.3) is 0 Å². The average Bonchev–Trinajstić information content (AvgIpc) is 3.51. The molecule has 0 aliphatic heterocycles. The number of benzene rings is 1. The minimum atomic E-state index is -0.369. The van der Waals surface area contributed by atoms with Crippen molar-refractivity contribution >= 4 is 39.7 Å². The van der Waals surface area contributed by atoms with E-state index in [1.165, 1.54) is 43.3 Å². The number of amides is 2. The van der Waals surface area contributed by atoms with Crippen LogP contribution in [0.1, 0.15) is 41.9 Å². The summed E-state index contributed by atoms with van der Waals surface area (Å²) in [7, 11) is 0. The van der Waals surface area contributed by atoms with E-state index in [0.717, 1.165) is 23.8 Å². The van der Waals surface area contributed by atoms with Crippen molar-refractivity contribution in [2.75, 3.05) is 22.5 Å². The zero-order valence-electron chi connectivity index (χ0n) is 16.5. The molecule has 3 N–H and O–H groups in total. The molecule has 2 heterocycles. The number of thiazole rings is 1. The van der Waals surface area contributed by atoms with Gasteiger partial charge in [-0.3, -0.25) is 14.9 Å². The lowest BCUT2D eigenvalue weighted by Crippen LogP contribution is -2.15. The third kappa shape index (κ3) is 5.48. The normalized spacial score (nSPS) is 13.9. The van der Waals surface area contributed by atoms with Gasteiger partial charge in [-0.2, -0.15) is 0 Å². The first-order valence-electron chi connectivity index (χ1n) is 10.1. The smallest absolute Gasteiger partial charge is 0.293 e. The van der Waals surface area contributed by atoms with Gasteiger partial charge in [0.1, 0.15) is 0 Å². The van der Waals surface area contributed by atoms with Crippen LogP contribution in [0.2, 0.25) is 0 Å². The van der Waals surface area contributed by atoms with Crippen LogP contribution in [-0.4, -0.2) is 23.3 Å². The Morgan fingerprint density at radius 2 is 1.83 bits per heavy atom. The first kappa shape index (κ1) is 20.2. The number of furan rings is 1. The maximum absolute atomic E-state index is 12.3. The minimum absolute atomic E-state index is 0.134. The van der Waals surface area contributed by atoms with Crippen molar-refractivity contribution in [2.24, 2.45) is 5.92 Å². The Morgan fingerprint density at radius 1 is 1.07 bits per heavy atom. The first-order chi connectivity index (χ1) is 14.7. The number of carbonyl (C=O) groups excluding carboxylic acids is 2. The van der Waals surface area contributed by atoms with E-state index in [1.807, 2.05) is 24.3 Å². The molecule has 1 aromatic carbocycles. The Hall–Kier alpha value is -3.13. The second kappa shape index (κ2) is 9.58. The molecule has 0 spiro atoms. The van der Waals surface area contributed by atoms with Gasteiger partial charge in [0.15, 0.2) is 10.9 Å². The molecule has 0 unspecified atom stereocenters. The van der Waals surface area contributed by atoms with Crippen LogP contribution in [0.15, 0.2) is 52.5 Å². The van der Waals surface area contributed by atoms with Crippen molar-refractivity contribution in [1.82, 2.24) is 4.98 Å². The zero-order valence-corrected chi connectivity index (χ0v) is 17.3. The van der Waals surface area contributed by atoms with Gasteiger partial charge in [-0.1, -0.05) is 12.8 Å². The molecular formula is C22H24N4O3S. The molecule has 1 aliphatic rings. The lowest BCUT2D eigenvalue weighted by atomic mass is 10.1. The number of anilines is 3. The molecule has 2 aromatic heterocycles.